The number of aromatic nitrogens is 2. The number of carbonyl (C=O) groups excluding carboxylic acids is 1. The van der Waals surface area contributed by atoms with E-state index >= 15 is 0 Å². The van der Waals surface area contributed by atoms with Gasteiger partial charge in [0.05, 0.1) is 0 Å². The molecule has 0 saturated carbocycles. The van der Waals surface area contributed by atoms with E-state index in [1.165, 1.54) is 0 Å². The molecule has 0 aliphatic carbocycles. The van der Waals surface area contributed by atoms with Crippen LogP contribution in [-0.2, 0) is 16.8 Å². The number of para-hydroxylation sites is 1. The van der Waals surface area contributed by atoms with E-state index < -0.39 is 5.41 Å². The van der Waals surface area contributed by atoms with Crippen molar-refractivity contribution in [2.45, 2.75) is 25.3 Å². The lowest BCUT2D eigenvalue weighted by Gasteiger charge is -2.28. The summed E-state index contributed by atoms with van der Waals surface area (Å²) in [6, 6.07) is 18.0. The molecule has 1 aromatic heterocycles. The van der Waals surface area contributed by atoms with E-state index in [0.717, 1.165) is 29.2 Å². The maximum absolute atomic E-state index is 13.1. The number of hydrogen-bond donors (Lipinski definition) is 1. The third-order valence-electron chi connectivity index (χ3n) is 4.94. The van der Waals surface area contributed by atoms with Crippen molar-refractivity contribution in [3.8, 4) is 0 Å². The van der Waals surface area contributed by atoms with Gasteiger partial charge in [0.15, 0.2) is 0 Å². The molecule has 3 aromatic rings. The van der Waals surface area contributed by atoms with Gasteiger partial charge in [-0.1, -0.05) is 48.5 Å². The first-order chi connectivity index (χ1) is 11.7. The number of carbonyl (C=O) groups is 1. The predicted octanol–water partition coefficient (Wildman–Crippen LogP) is 3.52. The van der Waals surface area contributed by atoms with Crippen LogP contribution < -0.4 is 5.32 Å². The Morgan fingerprint density at radius 1 is 1.08 bits per heavy atom. The van der Waals surface area contributed by atoms with Gasteiger partial charge in [0.25, 0.3) is 0 Å². The molecular weight excluding hydrogens is 298 g/mol. The Morgan fingerprint density at radius 3 is 2.58 bits per heavy atom. The van der Waals surface area contributed by atoms with E-state index in [9.17, 15) is 4.79 Å². The van der Waals surface area contributed by atoms with Crippen LogP contribution in [-0.4, -0.2) is 15.5 Å². The van der Waals surface area contributed by atoms with E-state index in [4.69, 9.17) is 0 Å². The second-order valence-corrected chi connectivity index (χ2v) is 6.19. The minimum atomic E-state index is -0.658. The summed E-state index contributed by atoms with van der Waals surface area (Å²) in [5.74, 6) is 1.01. The molecule has 1 N–H and O–H groups in total. The number of fused-ring (bicyclic) bond motifs is 1. The molecule has 0 spiro atoms. The molecule has 1 unspecified atom stereocenters. The van der Waals surface area contributed by atoms with Crippen molar-refractivity contribution in [1.82, 2.24) is 9.55 Å². The van der Waals surface area contributed by atoms with Crippen LogP contribution >= 0.6 is 0 Å². The van der Waals surface area contributed by atoms with E-state index in [-0.39, 0.29) is 5.91 Å². The molecule has 24 heavy (non-hydrogen) atoms. The first-order valence-electron chi connectivity index (χ1n) is 8.16. The number of benzene rings is 2. The van der Waals surface area contributed by atoms with Gasteiger partial charge in [-0.2, -0.15) is 0 Å². The van der Waals surface area contributed by atoms with Gasteiger partial charge < -0.3 is 9.88 Å². The smallest absolute Gasteiger partial charge is 0.239 e. The first-order valence-corrected chi connectivity index (χ1v) is 8.16. The number of amides is 1. The second kappa shape index (κ2) is 5.64. The molecule has 1 atom stereocenters. The summed E-state index contributed by atoms with van der Waals surface area (Å²) in [6.45, 7) is 2.72. The average molecular weight is 317 g/mol. The number of anilines is 1. The fraction of sp³-hybridized carbons (Fsp3) is 0.200. The molecule has 0 bridgehead atoms. The van der Waals surface area contributed by atoms with Crippen molar-refractivity contribution in [2.24, 2.45) is 0 Å². The Bertz CT molecular complexity index is 885. The Kier molecular flexibility index (Phi) is 3.45. The zero-order valence-corrected chi connectivity index (χ0v) is 13.6. The van der Waals surface area contributed by atoms with E-state index in [1.54, 1.807) is 6.20 Å². The summed E-state index contributed by atoms with van der Waals surface area (Å²) >= 11 is 0. The highest BCUT2D eigenvalue weighted by atomic mass is 16.2. The molecule has 2 aromatic carbocycles. The molecule has 0 saturated heterocycles. The molecule has 120 valence electrons. The Balaban J connectivity index is 1.82. The number of nitrogens with zero attached hydrogens (tertiary/aromatic N) is 2. The second-order valence-electron chi connectivity index (χ2n) is 6.19. The molecule has 4 heteroatoms. The lowest BCUT2D eigenvalue weighted by molar-refractivity contribution is -0.119. The Labute approximate surface area is 141 Å². The van der Waals surface area contributed by atoms with Crippen LogP contribution in [0.3, 0.4) is 0 Å². The molecule has 1 aliphatic rings. The fourth-order valence-corrected chi connectivity index (χ4v) is 3.65. The van der Waals surface area contributed by atoms with Crippen LogP contribution in [0.15, 0.2) is 67.0 Å². The quantitative estimate of drug-likeness (QED) is 0.800. The summed E-state index contributed by atoms with van der Waals surface area (Å²) < 4.78 is 2.10. The van der Waals surface area contributed by atoms with Crippen molar-refractivity contribution in [3.63, 3.8) is 0 Å². The number of rotatable bonds is 4. The summed E-state index contributed by atoms with van der Waals surface area (Å²) in [5, 5.41) is 3.07. The number of nitrogens with one attached hydrogen (secondary N) is 1. The number of imidazole rings is 1. The van der Waals surface area contributed by atoms with E-state index in [2.05, 4.69) is 20.9 Å². The van der Waals surface area contributed by atoms with Gasteiger partial charge in [-0.3, -0.25) is 4.79 Å². The van der Waals surface area contributed by atoms with Crippen LogP contribution in [0.5, 0.6) is 0 Å². The zero-order valence-electron chi connectivity index (χ0n) is 13.6. The van der Waals surface area contributed by atoms with Crippen LogP contribution in [0.1, 0.15) is 23.4 Å². The van der Waals surface area contributed by atoms with E-state index in [1.807, 2.05) is 61.7 Å². The van der Waals surface area contributed by atoms with Gasteiger partial charge in [0, 0.05) is 24.6 Å². The molecule has 4 nitrogen and oxygen atoms in total. The van der Waals surface area contributed by atoms with Crippen LogP contribution in [0, 0.1) is 6.92 Å². The molecule has 2 heterocycles. The number of hydrogen-bond acceptors (Lipinski definition) is 2. The fourth-order valence-electron chi connectivity index (χ4n) is 3.65. The van der Waals surface area contributed by atoms with Crippen molar-refractivity contribution in [2.75, 3.05) is 5.32 Å². The highest BCUT2D eigenvalue weighted by Crippen LogP contribution is 2.45. The Hall–Kier alpha value is -2.88. The van der Waals surface area contributed by atoms with Gasteiger partial charge in [0.2, 0.25) is 5.91 Å². The molecular formula is C20H19N3O. The van der Waals surface area contributed by atoms with Crippen LogP contribution in [0.25, 0.3) is 0 Å². The molecule has 1 amide bonds. The highest BCUT2D eigenvalue weighted by molar-refractivity contribution is 6.08. The Morgan fingerprint density at radius 2 is 1.83 bits per heavy atom. The normalized spacial score (nSPS) is 19.1. The largest absolute Gasteiger partial charge is 0.335 e. The van der Waals surface area contributed by atoms with Crippen molar-refractivity contribution < 1.29 is 4.79 Å². The monoisotopic (exact) mass is 317 g/mol. The van der Waals surface area contributed by atoms with Gasteiger partial charge >= 0.3 is 0 Å². The topological polar surface area (TPSA) is 46.9 Å². The lowest BCUT2D eigenvalue weighted by atomic mass is 9.73. The van der Waals surface area contributed by atoms with Gasteiger partial charge in [-0.15, -0.1) is 0 Å². The average Bonchev–Trinajstić information content (AvgIpc) is 3.15. The predicted molar refractivity (Wildman–Crippen MR) is 93.9 cm³/mol. The standard InChI is InChI=1S/C20H19N3O/c1-15-21-12-14-23(15)13-11-20(16-7-3-2-4-8-16)17-9-5-6-10-18(17)22-19(20)24/h2-10,12,14H,11,13H2,1H3,(H,22,24). The third-order valence-corrected chi connectivity index (χ3v) is 4.94. The van der Waals surface area contributed by atoms with Gasteiger partial charge in [0.1, 0.15) is 11.2 Å². The minimum Gasteiger partial charge on any atom is -0.335 e. The lowest BCUT2D eigenvalue weighted by Crippen LogP contribution is -2.37. The van der Waals surface area contributed by atoms with Crippen molar-refractivity contribution in [3.05, 3.63) is 83.9 Å². The zero-order chi connectivity index (χ0) is 16.6. The van der Waals surface area contributed by atoms with Crippen molar-refractivity contribution >= 4 is 11.6 Å². The maximum atomic E-state index is 13.1. The molecule has 4 rings (SSSR count). The van der Waals surface area contributed by atoms with Crippen LogP contribution in [0.2, 0.25) is 0 Å². The van der Waals surface area contributed by atoms with E-state index in [0.29, 0.717) is 6.42 Å². The molecule has 0 radical (unpaired) electrons. The molecule has 0 fully saturated rings. The first kappa shape index (κ1) is 14.7. The summed E-state index contributed by atoms with van der Waals surface area (Å²) in [7, 11) is 0. The maximum Gasteiger partial charge on any atom is 0.239 e. The number of aryl methyl sites for hydroxylation is 2. The summed E-state index contributed by atoms with van der Waals surface area (Å²) in [6.07, 6.45) is 4.46. The van der Waals surface area contributed by atoms with Gasteiger partial charge in [-0.05, 0) is 30.5 Å². The highest BCUT2D eigenvalue weighted by Gasteiger charge is 2.47. The summed E-state index contributed by atoms with van der Waals surface area (Å²) in [5.41, 5.74) is 2.34. The summed E-state index contributed by atoms with van der Waals surface area (Å²) in [4.78, 5) is 17.3. The van der Waals surface area contributed by atoms with Gasteiger partial charge in [-0.25, -0.2) is 4.98 Å². The minimum absolute atomic E-state index is 0.0488. The van der Waals surface area contributed by atoms with Crippen LogP contribution in [0.4, 0.5) is 5.69 Å². The SMILES string of the molecule is Cc1nccn1CCC1(c2ccccc2)C(=O)Nc2ccccc21. The third kappa shape index (κ3) is 2.14. The molecule has 1 aliphatic heterocycles. The van der Waals surface area contributed by atoms with Crippen molar-refractivity contribution in [1.29, 1.82) is 0 Å².